The normalized spacial score (nSPS) is 13.1. The molecule has 0 bridgehead atoms. The highest BCUT2D eigenvalue weighted by Gasteiger charge is 2.13. The van der Waals surface area contributed by atoms with E-state index in [0.717, 1.165) is 30.8 Å². The molecule has 0 spiro atoms. The van der Waals surface area contributed by atoms with E-state index < -0.39 is 0 Å². The van der Waals surface area contributed by atoms with Gasteiger partial charge in [-0.3, -0.25) is 4.98 Å². The largest absolute Gasteiger partial charge is 0.422 e. The number of nitrogens with zero attached hydrogens (tertiary/aromatic N) is 3. The molecular formula is C18H27ClN4O2. The van der Waals surface area contributed by atoms with E-state index in [1.807, 2.05) is 33.8 Å². The average molecular weight is 367 g/mol. The minimum absolute atomic E-state index is 0.209. The number of hydrogen-bond acceptors (Lipinski definition) is 6. The summed E-state index contributed by atoms with van der Waals surface area (Å²) in [6.45, 7) is 9.53. The molecule has 1 aliphatic heterocycles. The second-order valence-electron chi connectivity index (χ2n) is 4.78. The quantitative estimate of drug-likeness (QED) is 0.859. The molecule has 2 aromatic heterocycles. The molecule has 0 fully saturated rings. The predicted molar refractivity (Wildman–Crippen MR) is 100 cm³/mol. The van der Waals surface area contributed by atoms with Crippen molar-refractivity contribution < 1.29 is 9.52 Å². The molecule has 0 amide bonds. The summed E-state index contributed by atoms with van der Waals surface area (Å²) in [5, 5.41) is 20.4. The van der Waals surface area contributed by atoms with Crippen molar-refractivity contribution in [1.82, 2.24) is 20.5 Å². The maximum absolute atomic E-state index is 8.90. The lowest BCUT2D eigenvalue weighted by molar-refractivity contribution is 0.237. The van der Waals surface area contributed by atoms with Crippen molar-refractivity contribution >= 4 is 17.2 Å². The number of halogens is 1. The Labute approximate surface area is 154 Å². The van der Waals surface area contributed by atoms with E-state index in [2.05, 4.69) is 26.6 Å². The summed E-state index contributed by atoms with van der Waals surface area (Å²) in [6, 6.07) is 1.87. The standard InChI is InChI=1S/C14H15ClN4O2.2C2H6/c15-11-5-9(6-12-18-19-13(8-20)21-12)7-17-14(11)10-1-3-16-4-2-10;2*1-2/h1,5,7,16,20H,2-4,6,8H2;2*1-2H3. The first-order valence-electron chi connectivity index (χ1n) is 8.73. The molecular weight excluding hydrogens is 340 g/mol. The Morgan fingerprint density at radius 3 is 2.48 bits per heavy atom. The minimum atomic E-state index is -0.257. The fourth-order valence-electron chi connectivity index (χ4n) is 2.25. The van der Waals surface area contributed by atoms with Crippen molar-refractivity contribution in [2.75, 3.05) is 13.1 Å². The van der Waals surface area contributed by atoms with Crippen molar-refractivity contribution in [3.63, 3.8) is 0 Å². The van der Waals surface area contributed by atoms with Crippen LogP contribution in [0.15, 0.2) is 22.8 Å². The van der Waals surface area contributed by atoms with Crippen LogP contribution in [0.25, 0.3) is 5.57 Å². The molecule has 3 heterocycles. The van der Waals surface area contributed by atoms with Gasteiger partial charge < -0.3 is 14.8 Å². The van der Waals surface area contributed by atoms with Crippen LogP contribution in [0.2, 0.25) is 5.02 Å². The van der Waals surface area contributed by atoms with Gasteiger partial charge in [-0.25, -0.2) is 0 Å². The lowest BCUT2D eigenvalue weighted by Gasteiger charge is -2.14. The van der Waals surface area contributed by atoms with Crippen LogP contribution in [-0.4, -0.2) is 33.4 Å². The highest BCUT2D eigenvalue weighted by molar-refractivity contribution is 6.32. The number of aliphatic hydroxyl groups excluding tert-OH is 1. The molecule has 0 atom stereocenters. The van der Waals surface area contributed by atoms with Crippen LogP contribution in [0.5, 0.6) is 0 Å². The van der Waals surface area contributed by atoms with Crippen molar-refractivity contribution in [3.8, 4) is 0 Å². The van der Waals surface area contributed by atoms with Gasteiger partial charge in [0.2, 0.25) is 11.8 Å². The Morgan fingerprint density at radius 1 is 1.20 bits per heavy atom. The number of pyridine rings is 1. The Kier molecular flexibility index (Phi) is 9.99. The van der Waals surface area contributed by atoms with Crippen LogP contribution < -0.4 is 5.32 Å². The van der Waals surface area contributed by atoms with Gasteiger partial charge in [0, 0.05) is 12.7 Å². The molecule has 0 aliphatic carbocycles. The molecule has 2 N–H and O–H groups in total. The van der Waals surface area contributed by atoms with Crippen molar-refractivity contribution in [2.45, 2.75) is 47.1 Å². The molecule has 0 unspecified atom stereocenters. The van der Waals surface area contributed by atoms with Crippen LogP contribution in [-0.2, 0) is 13.0 Å². The first kappa shape index (κ1) is 21.3. The van der Waals surface area contributed by atoms with Crippen LogP contribution >= 0.6 is 11.6 Å². The van der Waals surface area contributed by atoms with E-state index in [-0.39, 0.29) is 12.5 Å². The minimum Gasteiger partial charge on any atom is -0.422 e. The summed E-state index contributed by atoms with van der Waals surface area (Å²) >= 11 is 6.33. The van der Waals surface area contributed by atoms with E-state index in [9.17, 15) is 0 Å². The summed E-state index contributed by atoms with van der Waals surface area (Å²) in [7, 11) is 0. The maximum atomic E-state index is 8.90. The third-order valence-corrected chi connectivity index (χ3v) is 3.55. The van der Waals surface area contributed by atoms with Gasteiger partial charge in [-0.2, -0.15) is 0 Å². The molecule has 25 heavy (non-hydrogen) atoms. The number of rotatable bonds is 4. The molecule has 0 saturated heterocycles. The smallest absolute Gasteiger partial charge is 0.241 e. The van der Waals surface area contributed by atoms with Crippen LogP contribution in [0.3, 0.4) is 0 Å². The first-order chi connectivity index (χ1) is 12.3. The van der Waals surface area contributed by atoms with Crippen LogP contribution in [0.4, 0.5) is 0 Å². The number of hydrogen-bond donors (Lipinski definition) is 2. The average Bonchev–Trinajstić information content (AvgIpc) is 3.13. The van der Waals surface area contributed by atoms with Crippen molar-refractivity contribution in [1.29, 1.82) is 0 Å². The molecule has 6 nitrogen and oxygen atoms in total. The van der Waals surface area contributed by atoms with E-state index >= 15 is 0 Å². The third-order valence-electron chi connectivity index (χ3n) is 3.27. The van der Waals surface area contributed by atoms with Gasteiger partial charge in [-0.15, -0.1) is 10.2 Å². The molecule has 2 aromatic rings. The van der Waals surface area contributed by atoms with Gasteiger partial charge in [-0.1, -0.05) is 45.4 Å². The zero-order chi connectivity index (χ0) is 18.7. The van der Waals surface area contributed by atoms with Gasteiger partial charge in [0.05, 0.1) is 17.1 Å². The van der Waals surface area contributed by atoms with E-state index in [0.29, 0.717) is 17.3 Å². The van der Waals surface area contributed by atoms with Gasteiger partial charge in [0.15, 0.2) is 0 Å². The van der Waals surface area contributed by atoms with Gasteiger partial charge >= 0.3 is 0 Å². The summed E-state index contributed by atoms with van der Waals surface area (Å²) in [6.07, 6.45) is 5.26. The third kappa shape index (κ3) is 6.23. The van der Waals surface area contributed by atoms with Gasteiger partial charge in [0.25, 0.3) is 0 Å². The molecule has 0 saturated carbocycles. The molecule has 0 radical (unpaired) electrons. The number of nitrogens with one attached hydrogen (secondary N) is 1. The monoisotopic (exact) mass is 366 g/mol. The lowest BCUT2D eigenvalue weighted by Crippen LogP contribution is -2.20. The van der Waals surface area contributed by atoms with Gasteiger partial charge in [0.1, 0.15) is 6.61 Å². The fraction of sp³-hybridized carbons (Fsp3) is 0.500. The molecule has 7 heteroatoms. The summed E-state index contributed by atoms with van der Waals surface area (Å²) in [5.74, 6) is 0.645. The highest BCUT2D eigenvalue weighted by atomic mass is 35.5. The van der Waals surface area contributed by atoms with E-state index in [1.165, 1.54) is 5.57 Å². The molecule has 1 aliphatic rings. The Hall–Kier alpha value is -1.76. The maximum Gasteiger partial charge on any atom is 0.241 e. The number of aliphatic hydroxyl groups is 1. The lowest BCUT2D eigenvalue weighted by atomic mass is 10.0. The zero-order valence-electron chi connectivity index (χ0n) is 15.3. The van der Waals surface area contributed by atoms with Gasteiger partial charge in [-0.05, 0) is 30.2 Å². The summed E-state index contributed by atoms with van der Waals surface area (Å²) < 4.78 is 5.26. The SMILES string of the molecule is CC.CC.OCc1nnc(Cc2cnc(C3=CCNCC3)c(Cl)c2)o1. The zero-order valence-corrected chi connectivity index (χ0v) is 16.1. The first-order valence-corrected chi connectivity index (χ1v) is 9.10. The predicted octanol–water partition coefficient (Wildman–Crippen LogP) is 3.63. The number of aromatic nitrogens is 3. The Bertz CT molecular complexity index is 671. The van der Waals surface area contributed by atoms with Crippen LogP contribution in [0.1, 0.15) is 57.2 Å². The second-order valence-corrected chi connectivity index (χ2v) is 5.19. The highest BCUT2D eigenvalue weighted by Crippen LogP contribution is 2.26. The van der Waals surface area contributed by atoms with E-state index in [1.54, 1.807) is 6.20 Å². The molecule has 0 aromatic carbocycles. The second kappa shape index (κ2) is 11.7. The Balaban J connectivity index is 0.000000730. The summed E-state index contributed by atoms with van der Waals surface area (Å²) in [5.41, 5.74) is 2.90. The topological polar surface area (TPSA) is 84.1 Å². The fourth-order valence-corrected chi connectivity index (χ4v) is 2.56. The van der Waals surface area contributed by atoms with Crippen LogP contribution in [0, 0.1) is 0 Å². The van der Waals surface area contributed by atoms with Crippen molar-refractivity contribution in [2.24, 2.45) is 0 Å². The van der Waals surface area contributed by atoms with Crippen molar-refractivity contribution in [3.05, 3.63) is 46.4 Å². The Morgan fingerprint density at radius 2 is 1.92 bits per heavy atom. The molecule has 3 rings (SSSR count). The molecule has 138 valence electrons. The van der Waals surface area contributed by atoms with E-state index in [4.69, 9.17) is 21.1 Å². The summed E-state index contributed by atoms with van der Waals surface area (Å²) in [4.78, 5) is 4.46.